The molecule has 1 aromatic rings. The summed E-state index contributed by atoms with van der Waals surface area (Å²) in [6, 6.07) is 7.24. The average Bonchev–Trinajstić information content (AvgIpc) is 2.38. The Morgan fingerprint density at radius 2 is 2.18 bits per heavy atom. The first-order chi connectivity index (χ1) is 8.29. The van der Waals surface area contributed by atoms with Crippen LogP contribution in [0.1, 0.15) is 18.4 Å². The lowest BCUT2D eigenvalue weighted by molar-refractivity contribution is 0.0497. The molecule has 0 aliphatic carbocycles. The van der Waals surface area contributed by atoms with Crippen LogP contribution < -0.4 is 10.5 Å². The number of ether oxygens (including phenoxy) is 2. The SMILES string of the molecule is N#Cc1cc(N)ccc1OCC1CCOCC1. The summed E-state index contributed by atoms with van der Waals surface area (Å²) in [7, 11) is 0. The lowest BCUT2D eigenvalue weighted by atomic mass is 10.0. The van der Waals surface area contributed by atoms with Gasteiger partial charge < -0.3 is 15.2 Å². The van der Waals surface area contributed by atoms with Crippen LogP contribution in [0.3, 0.4) is 0 Å². The Labute approximate surface area is 101 Å². The van der Waals surface area contributed by atoms with Crippen LogP contribution in [0, 0.1) is 17.2 Å². The summed E-state index contributed by atoms with van der Waals surface area (Å²) >= 11 is 0. The minimum atomic E-state index is 0.497. The minimum Gasteiger partial charge on any atom is -0.492 e. The van der Waals surface area contributed by atoms with Crippen LogP contribution in [-0.2, 0) is 4.74 Å². The number of hydrogen-bond acceptors (Lipinski definition) is 4. The van der Waals surface area contributed by atoms with Crippen LogP contribution in [0.4, 0.5) is 5.69 Å². The Morgan fingerprint density at radius 1 is 1.41 bits per heavy atom. The van der Waals surface area contributed by atoms with Gasteiger partial charge in [0.1, 0.15) is 11.8 Å². The Morgan fingerprint density at radius 3 is 2.88 bits per heavy atom. The lowest BCUT2D eigenvalue weighted by Gasteiger charge is -2.22. The molecule has 1 aliphatic heterocycles. The van der Waals surface area contributed by atoms with E-state index < -0.39 is 0 Å². The van der Waals surface area contributed by atoms with Crippen LogP contribution in [0.2, 0.25) is 0 Å². The molecule has 4 heteroatoms. The zero-order valence-corrected chi connectivity index (χ0v) is 9.69. The minimum absolute atomic E-state index is 0.497. The van der Waals surface area contributed by atoms with Gasteiger partial charge in [0.25, 0.3) is 0 Å². The maximum atomic E-state index is 8.97. The topological polar surface area (TPSA) is 68.3 Å². The number of nitriles is 1. The Balaban J connectivity index is 1.96. The van der Waals surface area contributed by atoms with Gasteiger partial charge in [-0.15, -0.1) is 0 Å². The van der Waals surface area contributed by atoms with Crippen molar-refractivity contribution in [2.75, 3.05) is 25.6 Å². The number of benzene rings is 1. The number of nitrogen functional groups attached to an aromatic ring is 1. The number of anilines is 1. The second-order valence-electron chi connectivity index (χ2n) is 4.23. The summed E-state index contributed by atoms with van der Waals surface area (Å²) in [4.78, 5) is 0. The maximum absolute atomic E-state index is 8.97. The summed E-state index contributed by atoms with van der Waals surface area (Å²) < 4.78 is 11.0. The number of nitrogens with zero attached hydrogens (tertiary/aromatic N) is 1. The maximum Gasteiger partial charge on any atom is 0.137 e. The molecule has 2 rings (SSSR count). The highest BCUT2D eigenvalue weighted by molar-refractivity contribution is 5.53. The van der Waals surface area contributed by atoms with Gasteiger partial charge in [-0.05, 0) is 37.0 Å². The van der Waals surface area contributed by atoms with Gasteiger partial charge in [-0.25, -0.2) is 0 Å². The van der Waals surface area contributed by atoms with E-state index in [1.165, 1.54) is 0 Å². The molecule has 0 atom stereocenters. The first kappa shape index (κ1) is 11.7. The van der Waals surface area contributed by atoms with E-state index in [9.17, 15) is 0 Å². The molecule has 1 fully saturated rings. The normalized spacial score (nSPS) is 16.4. The molecule has 2 N–H and O–H groups in total. The Bertz CT molecular complexity index is 420. The van der Waals surface area contributed by atoms with Gasteiger partial charge in [-0.1, -0.05) is 0 Å². The van der Waals surface area contributed by atoms with Gasteiger partial charge in [-0.2, -0.15) is 5.26 Å². The predicted molar refractivity (Wildman–Crippen MR) is 64.6 cm³/mol. The van der Waals surface area contributed by atoms with Gasteiger partial charge in [0.05, 0.1) is 12.2 Å². The van der Waals surface area contributed by atoms with Gasteiger partial charge in [0.2, 0.25) is 0 Å². The van der Waals surface area contributed by atoms with E-state index in [4.69, 9.17) is 20.5 Å². The molecule has 4 nitrogen and oxygen atoms in total. The highest BCUT2D eigenvalue weighted by Gasteiger charge is 2.15. The van der Waals surface area contributed by atoms with Crippen LogP contribution >= 0.6 is 0 Å². The predicted octanol–water partition coefficient (Wildman–Crippen LogP) is 1.95. The van der Waals surface area contributed by atoms with Crippen molar-refractivity contribution in [2.24, 2.45) is 5.92 Å². The van der Waals surface area contributed by atoms with Crippen molar-refractivity contribution in [3.63, 3.8) is 0 Å². The van der Waals surface area contributed by atoms with Gasteiger partial charge in [0.15, 0.2) is 0 Å². The van der Waals surface area contributed by atoms with E-state index in [2.05, 4.69) is 6.07 Å². The molecule has 0 amide bonds. The molecule has 1 saturated heterocycles. The third-order valence-electron chi connectivity index (χ3n) is 2.94. The lowest BCUT2D eigenvalue weighted by Crippen LogP contribution is -2.21. The van der Waals surface area contributed by atoms with Crippen molar-refractivity contribution >= 4 is 5.69 Å². The third kappa shape index (κ3) is 3.11. The number of nitrogens with two attached hydrogens (primary N) is 1. The second kappa shape index (κ2) is 5.55. The largest absolute Gasteiger partial charge is 0.492 e. The molecule has 0 unspecified atom stereocenters. The molecule has 0 aromatic heterocycles. The molecular weight excluding hydrogens is 216 g/mol. The monoisotopic (exact) mass is 232 g/mol. The standard InChI is InChI=1S/C13H16N2O2/c14-8-11-7-12(15)1-2-13(11)17-9-10-3-5-16-6-4-10/h1-2,7,10H,3-6,9,15H2. The molecule has 1 aromatic carbocycles. The summed E-state index contributed by atoms with van der Waals surface area (Å²) in [6.45, 7) is 2.25. The van der Waals surface area contributed by atoms with Crippen molar-refractivity contribution in [3.05, 3.63) is 23.8 Å². The van der Waals surface area contributed by atoms with Crippen molar-refractivity contribution in [3.8, 4) is 11.8 Å². The van der Waals surface area contributed by atoms with E-state index in [0.29, 0.717) is 29.5 Å². The van der Waals surface area contributed by atoms with E-state index in [1.54, 1.807) is 18.2 Å². The molecule has 90 valence electrons. The van der Waals surface area contributed by atoms with E-state index >= 15 is 0 Å². The third-order valence-corrected chi connectivity index (χ3v) is 2.94. The molecule has 1 aliphatic rings. The average molecular weight is 232 g/mol. The van der Waals surface area contributed by atoms with Crippen LogP contribution in [0.25, 0.3) is 0 Å². The van der Waals surface area contributed by atoms with Crippen molar-refractivity contribution < 1.29 is 9.47 Å². The summed E-state index contributed by atoms with van der Waals surface area (Å²) in [5, 5.41) is 8.97. The molecule has 0 bridgehead atoms. The number of rotatable bonds is 3. The molecule has 0 spiro atoms. The fourth-order valence-electron chi connectivity index (χ4n) is 1.88. The molecular formula is C13H16N2O2. The fourth-order valence-corrected chi connectivity index (χ4v) is 1.88. The molecule has 17 heavy (non-hydrogen) atoms. The van der Waals surface area contributed by atoms with E-state index in [1.807, 2.05) is 0 Å². The van der Waals surface area contributed by atoms with E-state index in [-0.39, 0.29) is 0 Å². The van der Waals surface area contributed by atoms with E-state index in [0.717, 1.165) is 26.1 Å². The highest BCUT2D eigenvalue weighted by atomic mass is 16.5. The van der Waals surface area contributed by atoms with Crippen LogP contribution in [0.15, 0.2) is 18.2 Å². The summed E-state index contributed by atoms with van der Waals surface area (Å²) in [5.41, 5.74) is 6.70. The van der Waals surface area contributed by atoms with Crippen LogP contribution in [-0.4, -0.2) is 19.8 Å². The van der Waals surface area contributed by atoms with Gasteiger partial charge in [0, 0.05) is 18.9 Å². The number of hydrogen-bond donors (Lipinski definition) is 1. The Kier molecular flexibility index (Phi) is 3.84. The van der Waals surface area contributed by atoms with Crippen molar-refractivity contribution in [1.29, 1.82) is 5.26 Å². The first-order valence-corrected chi connectivity index (χ1v) is 5.80. The molecule has 1 heterocycles. The summed E-state index contributed by atoms with van der Waals surface area (Å²) in [6.07, 6.45) is 2.05. The summed E-state index contributed by atoms with van der Waals surface area (Å²) in [5.74, 6) is 1.14. The zero-order valence-electron chi connectivity index (χ0n) is 9.69. The van der Waals surface area contributed by atoms with Gasteiger partial charge in [-0.3, -0.25) is 0 Å². The molecule has 0 radical (unpaired) electrons. The molecule has 0 saturated carbocycles. The first-order valence-electron chi connectivity index (χ1n) is 5.80. The zero-order chi connectivity index (χ0) is 12.1. The van der Waals surface area contributed by atoms with Crippen molar-refractivity contribution in [2.45, 2.75) is 12.8 Å². The van der Waals surface area contributed by atoms with Crippen molar-refractivity contribution in [1.82, 2.24) is 0 Å². The fraction of sp³-hybridized carbons (Fsp3) is 0.462. The second-order valence-corrected chi connectivity index (χ2v) is 4.23. The highest BCUT2D eigenvalue weighted by Crippen LogP contribution is 2.23. The quantitative estimate of drug-likeness (QED) is 0.809. The smallest absolute Gasteiger partial charge is 0.137 e. The van der Waals surface area contributed by atoms with Crippen LogP contribution in [0.5, 0.6) is 5.75 Å². The van der Waals surface area contributed by atoms with Gasteiger partial charge >= 0.3 is 0 Å². The Hall–Kier alpha value is -1.73.